The van der Waals surface area contributed by atoms with Crippen molar-refractivity contribution < 1.29 is 14.7 Å². The third-order valence-corrected chi connectivity index (χ3v) is 5.90. The summed E-state index contributed by atoms with van der Waals surface area (Å²) in [6.07, 6.45) is 11.7. The standard InChI is InChI=1S/C17H27NO3/c19-16(10-9-12-5-1-2-6-12)18-14-8-4-3-7-13(14)11-15(18)17(20)21/h12-15H,1-11H2,(H,20,21). The lowest BCUT2D eigenvalue weighted by Gasteiger charge is -2.33. The molecule has 2 aliphatic carbocycles. The summed E-state index contributed by atoms with van der Waals surface area (Å²) in [5, 5.41) is 9.47. The summed E-state index contributed by atoms with van der Waals surface area (Å²) in [6, 6.07) is -0.356. The smallest absolute Gasteiger partial charge is 0.326 e. The van der Waals surface area contributed by atoms with E-state index in [4.69, 9.17) is 0 Å². The summed E-state index contributed by atoms with van der Waals surface area (Å²) in [5.41, 5.74) is 0. The van der Waals surface area contributed by atoms with Crippen molar-refractivity contribution in [3.8, 4) is 0 Å². The maximum Gasteiger partial charge on any atom is 0.326 e. The Bertz CT molecular complexity index is 403. The number of carboxylic acids is 1. The molecule has 21 heavy (non-hydrogen) atoms. The molecule has 1 aliphatic heterocycles. The fraction of sp³-hybridized carbons (Fsp3) is 0.882. The molecule has 1 amide bonds. The van der Waals surface area contributed by atoms with Crippen molar-refractivity contribution >= 4 is 11.9 Å². The van der Waals surface area contributed by atoms with Crippen LogP contribution in [0.4, 0.5) is 0 Å². The highest BCUT2D eigenvalue weighted by molar-refractivity contribution is 5.84. The Kier molecular flexibility index (Phi) is 4.51. The summed E-state index contributed by atoms with van der Waals surface area (Å²) in [7, 11) is 0. The van der Waals surface area contributed by atoms with Gasteiger partial charge in [0.2, 0.25) is 5.91 Å². The summed E-state index contributed by atoms with van der Waals surface area (Å²) in [5.74, 6) is 0.416. The van der Waals surface area contributed by atoms with Crippen LogP contribution in [0.3, 0.4) is 0 Å². The first-order chi connectivity index (χ1) is 10.2. The van der Waals surface area contributed by atoms with Crippen LogP contribution in [-0.2, 0) is 9.59 Å². The Morgan fingerprint density at radius 1 is 1.00 bits per heavy atom. The number of carboxylic acid groups (broad SMARTS) is 1. The second-order valence-electron chi connectivity index (χ2n) is 7.19. The predicted molar refractivity (Wildman–Crippen MR) is 79.8 cm³/mol. The monoisotopic (exact) mass is 293 g/mol. The van der Waals surface area contributed by atoms with Crippen LogP contribution in [0.1, 0.15) is 70.6 Å². The maximum absolute atomic E-state index is 12.6. The number of nitrogens with zero attached hydrogens (tertiary/aromatic N) is 1. The summed E-state index contributed by atoms with van der Waals surface area (Å²) in [6.45, 7) is 0. The molecular formula is C17H27NO3. The molecule has 3 rings (SSSR count). The third kappa shape index (κ3) is 3.09. The van der Waals surface area contributed by atoms with E-state index in [0.717, 1.165) is 25.7 Å². The van der Waals surface area contributed by atoms with Gasteiger partial charge in [0.15, 0.2) is 0 Å². The van der Waals surface area contributed by atoms with E-state index in [9.17, 15) is 14.7 Å². The number of amides is 1. The van der Waals surface area contributed by atoms with E-state index in [-0.39, 0.29) is 11.9 Å². The molecule has 0 aromatic rings. The van der Waals surface area contributed by atoms with Gasteiger partial charge in [0.25, 0.3) is 0 Å². The fourth-order valence-electron chi connectivity index (χ4n) is 4.79. The number of rotatable bonds is 4. The molecule has 0 aromatic heterocycles. The van der Waals surface area contributed by atoms with Gasteiger partial charge in [-0.25, -0.2) is 4.79 Å². The van der Waals surface area contributed by atoms with Crippen LogP contribution >= 0.6 is 0 Å². The second kappa shape index (κ2) is 6.37. The van der Waals surface area contributed by atoms with E-state index in [2.05, 4.69) is 0 Å². The predicted octanol–water partition coefficient (Wildman–Crippen LogP) is 3.20. The molecule has 0 radical (unpaired) electrons. The highest BCUT2D eigenvalue weighted by atomic mass is 16.4. The van der Waals surface area contributed by atoms with Gasteiger partial charge in [-0.05, 0) is 37.5 Å². The first kappa shape index (κ1) is 14.9. The average Bonchev–Trinajstić information content (AvgIpc) is 3.11. The van der Waals surface area contributed by atoms with Crippen molar-refractivity contribution in [1.82, 2.24) is 4.90 Å². The Hall–Kier alpha value is -1.06. The van der Waals surface area contributed by atoms with E-state index in [0.29, 0.717) is 24.7 Å². The molecule has 0 spiro atoms. The number of hydrogen-bond donors (Lipinski definition) is 1. The normalized spacial score (nSPS) is 33.1. The van der Waals surface area contributed by atoms with Crippen LogP contribution < -0.4 is 0 Å². The molecule has 1 N–H and O–H groups in total. The summed E-state index contributed by atoms with van der Waals surface area (Å²) >= 11 is 0. The average molecular weight is 293 g/mol. The summed E-state index contributed by atoms with van der Waals surface area (Å²) in [4.78, 5) is 25.9. The zero-order valence-electron chi connectivity index (χ0n) is 12.8. The Morgan fingerprint density at radius 3 is 2.38 bits per heavy atom. The number of carbonyl (C=O) groups is 2. The van der Waals surface area contributed by atoms with Gasteiger partial charge < -0.3 is 10.0 Å². The molecule has 1 heterocycles. The van der Waals surface area contributed by atoms with Crippen molar-refractivity contribution in [3.05, 3.63) is 0 Å². The van der Waals surface area contributed by atoms with E-state index < -0.39 is 12.0 Å². The largest absolute Gasteiger partial charge is 0.480 e. The van der Waals surface area contributed by atoms with Gasteiger partial charge in [0.05, 0.1) is 0 Å². The van der Waals surface area contributed by atoms with Gasteiger partial charge in [0.1, 0.15) is 6.04 Å². The van der Waals surface area contributed by atoms with Gasteiger partial charge in [0, 0.05) is 12.5 Å². The number of fused-ring (bicyclic) bond motifs is 1. The molecule has 4 heteroatoms. The number of hydrogen-bond acceptors (Lipinski definition) is 2. The van der Waals surface area contributed by atoms with Crippen LogP contribution in [0.2, 0.25) is 0 Å². The molecule has 3 unspecified atom stereocenters. The topological polar surface area (TPSA) is 57.6 Å². The van der Waals surface area contributed by atoms with Crippen LogP contribution in [0.25, 0.3) is 0 Å². The van der Waals surface area contributed by atoms with Gasteiger partial charge >= 0.3 is 5.97 Å². The van der Waals surface area contributed by atoms with E-state index in [1.165, 1.54) is 32.1 Å². The van der Waals surface area contributed by atoms with E-state index in [1.807, 2.05) is 0 Å². The van der Waals surface area contributed by atoms with Crippen molar-refractivity contribution in [2.45, 2.75) is 82.7 Å². The SMILES string of the molecule is O=C(O)C1CC2CCCCC2N1C(=O)CCC1CCCC1. The second-order valence-corrected chi connectivity index (χ2v) is 7.19. The fourth-order valence-corrected chi connectivity index (χ4v) is 4.79. The Balaban J connectivity index is 1.64. The zero-order chi connectivity index (χ0) is 14.8. The molecule has 0 aromatic carbocycles. The van der Waals surface area contributed by atoms with E-state index >= 15 is 0 Å². The number of carbonyl (C=O) groups excluding carboxylic acids is 1. The van der Waals surface area contributed by atoms with Gasteiger partial charge in [-0.3, -0.25) is 4.79 Å². The van der Waals surface area contributed by atoms with Crippen molar-refractivity contribution in [1.29, 1.82) is 0 Å². The van der Waals surface area contributed by atoms with Crippen LogP contribution in [0.5, 0.6) is 0 Å². The molecule has 3 atom stereocenters. The maximum atomic E-state index is 12.6. The van der Waals surface area contributed by atoms with Crippen LogP contribution in [0.15, 0.2) is 0 Å². The first-order valence-electron chi connectivity index (χ1n) is 8.71. The van der Waals surface area contributed by atoms with Crippen molar-refractivity contribution in [3.63, 3.8) is 0 Å². The molecule has 3 fully saturated rings. The summed E-state index contributed by atoms with van der Waals surface area (Å²) < 4.78 is 0. The quantitative estimate of drug-likeness (QED) is 0.866. The minimum Gasteiger partial charge on any atom is -0.480 e. The lowest BCUT2D eigenvalue weighted by atomic mass is 9.84. The third-order valence-electron chi connectivity index (χ3n) is 5.90. The first-order valence-corrected chi connectivity index (χ1v) is 8.71. The van der Waals surface area contributed by atoms with Crippen LogP contribution in [0, 0.1) is 11.8 Å². The molecule has 118 valence electrons. The number of aliphatic carboxylic acids is 1. The molecule has 4 nitrogen and oxygen atoms in total. The minimum atomic E-state index is -0.807. The zero-order valence-corrected chi connectivity index (χ0v) is 12.8. The van der Waals surface area contributed by atoms with E-state index in [1.54, 1.807) is 4.90 Å². The lowest BCUT2D eigenvalue weighted by molar-refractivity contribution is -0.150. The Labute approximate surface area is 126 Å². The molecular weight excluding hydrogens is 266 g/mol. The highest BCUT2D eigenvalue weighted by Crippen LogP contribution is 2.40. The van der Waals surface area contributed by atoms with Crippen LogP contribution in [-0.4, -0.2) is 34.0 Å². The van der Waals surface area contributed by atoms with Crippen molar-refractivity contribution in [2.75, 3.05) is 0 Å². The highest BCUT2D eigenvalue weighted by Gasteiger charge is 2.47. The minimum absolute atomic E-state index is 0.101. The number of likely N-dealkylation sites (tertiary alicyclic amines) is 1. The lowest BCUT2D eigenvalue weighted by Crippen LogP contribution is -2.46. The molecule has 1 saturated heterocycles. The van der Waals surface area contributed by atoms with Gasteiger partial charge in [-0.2, -0.15) is 0 Å². The van der Waals surface area contributed by atoms with Gasteiger partial charge in [-0.15, -0.1) is 0 Å². The molecule has 3 aliphatic rings. The Morgan fingerprint density at radius 2 is 1.67 bits per heavy atom. The van der Waals surface area contributed by atoms with Gasteiger partial charge in [-0.1, -0.05) is 38.5 Å². The van der Waals surface area contributed by atoms with Crippen molar-refractivity contribution in [2.24, 2.45) is 11.8 Å². The molecule has 2 saturated carbocycles. The molecule has 0 bridgehead atoms.